The van der Waals surface area contributed by atoms with Crippen molar-refractivity contribution in [1.82, 2.24) is 0 Å². The first-order chi connectivity index (χ1) is 20.8. The second-order valence-electron chi connectivity index (χ2n) is 12.8. The van der Waals surface area contributed by atoms with Gasteiger partial charge in [-0.1, -0.05) is 70.1 Å². The highest BCUT2D eigenvalue weighted by atomic mass is 19.4. The molecule has 0 radical (unpaired) electrons. The van der Waals surface area contributed by atoms with E-state index in [1.807, 2.05) is 32.9 Å². The van der Waals surface area contributed by atoms with Crippen LogP contribution in [-0.2, 0) is 23.7 Å². The van der Waals surface area contributed by atoms with Gasteiger partial charge in [0.05, 0.1) is 25.4 Å². The van der Waals surface area contributed by atoms with Crippen molar-refractivity contribution in [2.75, 3.05) is 14.2 Å². The van der Waals surface area contributed by atoms with Crippen LogP contribution < -0.4 is 0 Å². The molecule has 0 unspecified atom stereocenters. The van der Waals surface area contributed by atoms with Crippen LogP contribution in [0.15, 0.2) is 47.3 Å². The Morgan fingerprint density at radius 3 is 2.29 bits per heavy atom. The summed E-state index contributed by atoms with van der Waals surface area (Å²) in [6, 6.07) is 0. The summed E-state index contributed by atoms with van der Waals surface area (Å²) in [4.78, 5) is 13.4. The molecule has 0 aromatic heterocycles. The van der Waals surface area contributed by atoms with E-state index >= 15 is 0 Å². The summed E-state index contributed by atoms with van der Waals surface area (Å²) in [5, 5.41) is 44.0. The molecular weight excluding hydrogens is 597 g/mol. The number of aliphatic hydroxyl groups excluding tert-OH is 3. The Bertz CT molecular complexity index is 1120. The van der Waals surface area contributed by atoms with Gasteiger partial charge in [-0.25, -0.2) is 4.79 Å². The summed E-state index contributed by atoms with van der Waals surface area (Å²) in [7, 11) is 2.66. The number of allylic oxidation sites excluding steroid dienone is 5. The summed E-state index contributed by atoms with van der Waals surface area (Å²) in [6.07, 6.45) is -4.83. The Kier molecular flexibility index (Phi) is 13.9. The van der Waals surface area contributed by atoms with Crippen molar-refractivity contribution in [3.05, 3.63) is 47.3 Å². The molecule has 0 spiro atoms. The molecule has 45 heavy (non-hydrogen) atoms. The van der Waals surface area contributed by atoms with E-state index in [2.05, 4.69) is 0 Å². The van der Waals surface area contributed by atoms with Gasteiger partial charge in [0.25, 0.3) is 0 Å². The lowest BCUT2D eigenvalue weighted by Gasteiger charge is -2.48. The third-order valence-electron chi connectivity index (χ3n) is 9.11. The molecule has 0 aromatic carbocycles. The van der Waals surface area contributed by atoms with E-state index in [1.54, 1.807) is 19.1 Å². The van der Waals surface area contributed by atoms with Crippen molar-refractivity contribution >= 4 is 5.97 Å². The van der Waals surface area contributed by atoms with Crippen LogP contribution in [0, 0.1) is 29.6 Å². The molecule has 2 aliphatic rings. The van der Waals surface area contributed by atoms with Crippen molar-refractivity contribution < 1.29 is 57.3 Å². The summed E-state index contributed by atoms with van der Waals surface area (Å²) >= 11 is 0. The van der Waals surface area contributed by atoms with E-state index in [9.17, 15) is 38.4 Å². The zero-order chi connectivity index (χ0) is 34.4. The van der Waals surface area contributed by atoms with Gasteiger partial charge >= 0.3 is 12.1 Å². The summed E-state index contributed by atoms with van der Waals surface area (Å²) in [5.74, 6) is -7.66. The lowest BCUT2D eigenvalue weighted by Crippen LogP contribution is -2.61. The molecule has 0 aliphatic carbocycles. The number of carbonyl (C=O) groups excluding carboxylic acids is 1. The highest BCUT2D eigenvalue weighted by molar-refractivity contribution is 5.87. The minimum atomic E-state index is -4.87. The smallest absolute Gasteiger partial charge is 0.415 e. The van der Waals surface area contributed by atoms with Crippen LogP contribution in [0.4, 0.5) is 13.2 Å². The average Bonchev–Trinajstić information content (AvgIpc) is 2.96. The number of alkyl halides is 3. The fourth-order valence-corrected chi connectivity index (χ4v) is 6.13. The van der Waals surface area contributed by atoms with Gasteiger partial charge in [-0.3, -0.25) is 0 Å². The van der Waals surface area contributed by atoms with Crippen LogP contribution in [0.1, 0.15) is 61.3 Å². The standard InChI is InChI=1S/C33H51F3O9/c1-17-11-10-12-25(42-8)29(44-31(40)26(43-9)15-18(2)14-20(4)27(38)19(3)13-17)22(6)28(39)23(7)32(41)16-24(37)21(5)30(45-32)33(34,35)36/h10-12,14-15,19-25,27-30,37-39,41H,13,16H2,1-9H3/b12-10+,17-11+,18-14+,26-15-/t19-,20+,21-,22-,23-,24+,25-,27-,28+,29+,30-,32+/m0/s1. The van der Waals surface area contributed by atoms with Gasteiger partial charge in [0, 0.05) is 37.2 Å². The van der Waals surface area contributed by atoms with Gasteiger partial charge in [-0.2, -0.15) is 13.2 Å². The van der Waals surface area contributed by atoms with Crippen LogP contribution in [0.3, 0.4) is 0 Å². The van der Waals surface area contributed by atoms with Crippen molar-refractivity contribution in [2.24, 2.45) is 29.6 Å². The minimum Gasteiger partial charge on any atom is -0.490 e. The zero-order valence-corrected chi connectivity index (χ0v) is 27.6. The van der Waals surface area contributed by atoms with E-state index in [-0.39, 0.29) is 17.6 Å². The molecule has 0 saturated carbocycles. The molecule has 0 aromatic rings. The topological polar surface area (TPSA) is 135 Å². The molecule has 2 aliphatic heterocycles. The minimum absolute atomic E-state index is 0.0775. The molecule has 12 atom stereocenters. The molecule has 0 amide bonds. The first-order valence-corrected chi connectivity index (χ1v) is 15.3. The zero-order valence-electron chi connectivity index (χ0n) is 27.6. The largest absolute Gasteiger partial charge is 0.490 e. The molecule has 258 valence electrons. The number of aliphatic hydroxyl groups is 4. The maximum absolute atomic E-state index is 13.7. The Morgan fingerprint density at radius 2 is 1.73 bits per heavy atom. The van der Waals surface area contributed by atoms with E-state index in [0.717, 1.165) is 5.57 Å². The Hall–Kier alpha value is -2.22. The maximum atomic E-state index is 13.7. The van der Waals surface area contributed by atoms with Crippen molar-refractivity contribution in [3.8, 4) is 0 Å². The molecular formula is C33H51F3O9. The van der Waals surface area contributed by atoms with E-state index < -0.39 is 78.7 Å². The second-order valence-corrected chi connectivity index (χ2v) is 12.8. The van der Waals surface area contributed by atoms with Gasteiger partial charge in [0.1, 0.15) is 12.2 Å². The quantitative estimate of drug-likeness (QED) is 0.305. The Balaban J connectivity index is 2.54. The number of halogens is 3. The monoisotopic (exact) mass is 648 g/mol. The van der Waals surface area contributed by atoms with Crippen molar-refractivity contribution in [1.29, 1.82) is 0 Å². The van der Waals surface area contributed by atoms with Gasteiger partial charge in [0.15, 0.2) is 11.9 Å². The van der Waals surface area contributed by atoms with Crippen LogP contribution in [0.25, 0.3) is 0 Å². The lowest BCUT2D eigenvalue weighted by molar-refractivity contribution is -0.372. The van der Waals surface area contributed by atoms with E-state index in [4.69, 9.17) is 18.9 Å². The molecule has 12 heteroatoms. The van der Waals surface area contributed by atoms with Gasteiger partial charge < -0.3 is 39.4 Å². The highest BCUT2D eigenvalue weighted by Crippen LogP contribution is 2.44. The second kappa shape index (κ2) is 16.1. The number of cyclic esters (lactones) is 1. The molecule has 2 rings (SSSR count). The maximum Gasteiger partial charge on any atom is 0.415 e. The third-order valence-corrected chi connectivity index (χ3v) is 9.11. The summed E-state index contributed by atoms with van der Waals surface area (Å²) in [6.45, 7) is 11.5. The average molecular weight is 649 g/mol. The summed E-state index contributed by atoms with van der Waals surface area (Å²) in [5.41, 5.74) is 1.60. The number of carbonyl (C=O) groups is 1. The van der Waals surface area contributed by atoms with Gasteiger partial charge in [0.2, 0.25) is 5.76 Å². The van der Waals surface area contributed by atoms with Gasteiger partial charge in [-0.05, 0) is 32.3 Å². The predicted molar refractivity (Wildman–Crippen MR) is 161 cm³/mol. The van der Waals surface area contributed by atoms with Gasteiger partial charge in [-0.15, -0.1) is 0 Å². The van der Waals surface area contributed by atoms with E-state index in [0.29, 0.717) is 12.0 Å². The molecule has 0 bridgehead atoms. The Labute approximate surface area is 264 Å². The predicted octanol–water partition coefficient (Wildman–Crippen LogP) is 4.60. The van der Waals surface area contributed by atoms with E-state index in [1.165, 1.54) is 41.1 Å². The van der Waals surface area contributed by atoms with Crippen LogP contribution >= 0.6 is 0 Å². The fourth-order valence-electron chi connectivity index (χ4n) is 6.13. The molecule has 1 saturated heterocycles. The Morgan fingerprint density at radius 1 is 1.11 bits per heavy atom. The number of esters is 1. The molecule has 1 fully saturated rings. The lowest BCUT2D eigenvalue weighted by atomic mass is 9.77. The number of methoxy groups -OCH3 is 2. The number of hydrogen-bond donors (Lipinski definition) is 4. The van der Waals surface area contributed by atoms with Crippen molar-refractivity contribution in [2.45, 2.75) is 110 Å². The molecule has 4 N–H and O–H groups in total. The molecule has 2 heterocycles. The van der Waals surface area contributed by atoms with Crippen LogP contribution in [0.5, 0.6) is 0 Å². The van der Waals surface area contributed by atoms with Crippen LogP contribution in [-0.4, -0.2) is 89.2 Å². The first kappa shape index (κ1) is 39.0. The summed E-state index contributed by atoms with van der Waals surface area (Å²) < 4.78 is 63.2. The SMILES string of the molecule is CO/C1=C\C(C)=C\[C@@H](C)[C@@H](O)[C@@H](C)C/C(C)=C/C=C/[C@H](OC)[C@@H]([C@@H](C)[C@@H](O)[C@H](C)[C@@]2(O)C[C@@H](O)[C@H](C)[C@@H](C(F)(F)F)O2)OC1=O. The third kappa shape index (κ3) is 9.89. The number of hydrogen-bond acceptors (Lipinski definition) is 9. The molecule has 9 nitrogen and oxygen atoms in total. The van der Waals surface area contributed by atoms with Crippen LogP contribution in [0.2, 0.25) is 0 Å². The normalized spacial score (nSPS) is 40.8. The first-order valence-electron chi connectivity index (χ1n) is 15.3. The number of rotatable bonds is 6. The fraction of sp³-hybridized carbons (Fsp3) is 0.727. The highest BCUT2D eigenvalue weighted by Gasteiger charge is 2.58. The number of ether oxygens (including phenoxy) is 4. The van der Waals surface area contributed by atoms with Crippen molar-refractivity contribution in [3.63, 3.8) is 0 Å².